The number of H-pyrrole nitrogens is 1. The molecule has 2 nitrogen and oxygen atoms in total. The minimum absolute atomic E-state index is 0.0834. The van der Waals surface area contributed by atoms with E-state index in [4.69, 9.17) is 0 Å². The number of aromatic nitrogens is 1. The van der Waals surface area contributed by atoms with E-state index >= 15 is 0 Å². The van der Waals surface area contributed by atoms with Gasteiger partial charge in [0.1, 0.15) is 0 Å². The minimum atomic E-state index is -0.0834. The summed E-state index contributed by atoms with van der Waals surface area (Å²) in [4.78, 5) is 15.8. The van der Waals surface area contributed by atoms with Gasteiger partial charge in [0, 0.05) is 11.4 Å². The molecule has 0 fully saturated rings. The van der Waals surface area contributed by atoms with Crippen molar-refractivity contribution in [2.75, 3.05) is 0 Å². The van der Waals surface area contributed by atoms with Crippen LogP contribution < -0.4 is 0 Å². The molecule has 0 amide bonds. The van der Waals surface area contributed by atoms with E-state index in [2.05, 4.69) is 24.6 Å². The van der Waals surface area contributed by atoms with Gasteiger partial charge in [-0.2, -0.15) is 0 Å². The van der Waals surface area contributed by atoms with Gasteiger partial charge in [-0.25, -0.2) is 0 Å². The first-order valence-corrected chi connectivity index (χ1v) is 6.44. The number of Topliss-reactive ketones (excluding diaryl/α,β-unsaturated/α-hetero) is 1. The molecule has 1 aliphatic carbocycles. The molecular formula is C16H21NO. The summed E-state index contributed by atoms with van der Waals surface area (Å²) in [5, 5.41) is 0. The number of nitrogens with one attached hydrogen (secondary N) is 1. The first-order chi connectivity index (χ1) is 8.41. The summed E-state index contributed by atoms with van der Waals surface area (Å²) in [6.07, 6.45) is 2.95. The lowest BCUT2D eigenvalue weighted by Crippen LogP contribution is -2.27. The molecular weight excluding hydrogens is 222 g/mol. The summed E-state index contributed by atoms with van der Waals surface area (Å²) >= 11 is 0. The van der Waals surface area contributed by atoms with Crippen LogP contribution >= 0.6 is 0 Å². The molecule has 18 heavy (non-hydrogen) atoms. The Labute approximate surface area is 109 Å². The Balaban J connectivity index is 2.46. The van der Waals surface area contributed by atoms with Gasteiger partial charge in [0.15, 0.2) is 5.78 Å². The lowest BCUT2D eigenvalue weighted by Gasteiger charge is -2.29. The highest BCUT2D eigenvalue weighted by Gasteiger charge is 2.34. The highest BCUT2D eigenvalue weighted by molar-refractivity contribution is 6.01. The lowest BCUT2D eigenvalue weighted by atomic mass is 9.74. The van der Waals surface area contributed by atoms with E-state index in [1.54, 1.807) is 0 Å². The van der Waals surface area contributed by atoms with Gasteiger partial charge in [0.2, 0.25) is 0 Å². The van der Waals surface area contributed by atoms with Crippen LogP contribution in [-0.2, 0) is 4.79 Å². The van der Waals surface area contributed by atoms with Crippen molar-refractivity contribution >= 4 is 5.78 Å². The van der Waals surface area contributed by atoms with Crippen molar-refractivity contribution in [3.8, 4) is 0 Å². The Bertz CT molecular complexity index is 514. The number of allylic oxidation sites excluding steroid dienone is 3. The van der Waals surface area contributed by atoms with Crippen molar-refractivity contribution < 1.29 is 4.79 Å². The average molecular weight is 243 g/mol. The minimum Gasteiger partial charge on any atom is -0.362 e. The Morgan fingerprint density at radius 2 is 2.06 bits per heavy atom. The van der Waals surface area contributed by atoms with E-state index < -0.39 is 0 Å². The first kappa shape index (κ1) is 12.9. The molecule has 0 unspecified atom stereocenters. The second-order valence-electron chi connectivity index (χ2n) is 5.45. The summed E-state index contributed by atoms with van der Waals surface area (Å²) in [6.45, 7) is 12.1. The fourth-order valence-corrected chi connectivity index (χ4v) is 2.67. The van der Waals surface area contributed by atoms with Crippen LogP contribution in [-0.4, -0.2) is 10.8 Å². The molecule has 2 heteroatoms. The molecule has 0 radical (unpaired) electrons. The van der Waals surface area contributed by atoms with Gasteiger partial charge in [0.05, 0.1) is 5.92 Å². The van der Waals surface area contributed by atoms with Crippen LogP contribution in [0.2, 0.25) is 0 Å². The Morgan fingerprint density at radius 3 is 2.56 bits per heavy atom. The predicted octanol–water partition coefficient (Wildman–Crippen LogP) is 3.83. The zero-order chi connectivity index (χ0) is 13.4. The van der Waals surface area contributed by atoms with Gasteiger partial charge in [-0.1, -0.05) is 18.2 Å². The Hall–Kier alpha value is -1.57. The van der Waals surface area contributed by atoms with Gasteiger partial charge >= 0.3 is 0 Å². The number of hydrogen-bond acceptors (Lipinski definition) is 1. The van der Waals surface area contributed by atoms with Gasteiger partial charge in [0.25, 0.3) is 0 Å². The fraction of sp³-hybridized carbons (Fsp3) is 0.438. The molecule has 2 rings (SSSR count). The third kappa shape index (κ3) is 2.07. The second kappa shape index (κ2) is 4.60. The third-order valence-electron chi connectivity index (χ3n) is 4.01. The molecule has 0 saturated heterocycles. The SMILES string of the molecule is C=C(C)[C@H]1CC=C(C)C(=O)[C@@H]1c1cc(C)c(C)[nH]1. The smallest absolute Gasteiger partial charge is 0.167 e. The molecule has 96 valence electrons. The number of aryl methyl sites for hydroxylation is 2. The zero-order valence-electron chi connectivity index (χ0n) is 11.6. The number of carbonyl (C=O) groups is 1. The summed E-state index contributed by atoms with van der Waals surface area (Å²) in [7, 11) is 0. The van der Waals surface area contributed by atoms with E-state index in [1.807, 2.05) is 26.8 Å². The molecule has 0 bridgehead atoms. The molecule has 0 aliphatic heterocycles. The molecule has 1 aromatic heterocycles. The van der Waals surface area contributed by atoms with E-state index in [0.717, 1.165) is 29.0 Å². The van der Waals surface area contributed by atoms with E-state index in [-0.39, 0.29) is 17.6 Å². The number of ketones is 1. The standard InChI is InChI=1S/C16H21NO/c1-9(2)13-7-6-10(3)16(18)15(13)14-8-11(4)12(5)17-14/h6,8,13,15,17H,1,7H2,2-5H3/t13-,15+/m1/s1. The highest BCUT2D eigenvalue weighted by Crippen LogP contribution is 2.38. The molecule has 0 spiro atoms. The van der Waals surface area contributed by atoms with Crippen LogP contribution in [0.1, 0.15) is 43.1 Å². The van der Waals surface area contributed by atoms with Gasteiger partial charge < -0.3 is 4.98 Å². The number of carbonyl (C=O) groups excluding carboxylic acids is 1. The maximum absolute atomic E-state index is 12.4. The van der Waals surface area contributed by atoms with Crippen molar-refractivity contribution in [1.29, 1.82) is 0 Å². The third-order valence-corrected chi connectivity index (χ3v) is 4.01. The van der Waals surface area contributed by atoms with Gasteiger partial charge in [-0.05, 0) is 57.2 Å². The largest absolute Gasteiger partial charge is 0.362 e. The number of aromatic amines is 1. The number of hydrogen-bond donors (Lipinski definition) is 1. The molecule has 0 aromatic carbocycles. The Kier molecular flexibility index (Phi) is 3.29. The van der Waals surface area contributed by atoms with Crippen molar-refractivity contribution in [3.05, 3.63) is 46.8 Å². The van der Waals surface area contributed by atoms with Crippen molar-refractivity contribution in [2.45, 2.75) is 40.0 Å². The van der Waals surface area contributed by atoms with Crippen LogP contribution in [0, 0.1) is 19.8 Å². The summed E-state index contributed by atoms with van der Waals surface area (Å²) in [5.41, 5.74) is 5.36. The maximum atomic E-state index is 12.4. The maximum Gasteiger partial charge on any atom is 0.167 e. The molecule has 0 saturated carbocycles. The highest BCUT2D eigenvalue weighted by atomic mass is 16.1. The van der Waals surface area contributed by atoms with E-state index in [0.29, 0.717) is 0 Å². The van der Waals surface area contributed by atoms with Crippen molar-refractivity contribution in [1.82, 2.24) is 4.98 Å². The van der Waals surface area contributed by atoms with Crippen molar-refractivity contribution in [2.24, 2.45) is 5.92 Å². The normalized spacial score (nSPS) is 24.0. The lowest BCUT2D eigenvalue weighted by molar-refractivity contribution is -0.118. The van der Waals surface area contributed by atoms with Crippen LogP contribution in [0.25, 0.3) is 0 Å². The van der Waals surface area contributed by atoms with Crippen LogP contribution in [0.15, 0.2) is 29.9 Å². The van der Waals surface area contributed by atoms with Gasteiger partial charge in [-0.3, -0.25) is 4.79 Å². The predicted molar refractivity (Wildman–Crippen MR) is 74.7 cm³/mol. The molecule has 1 aliphatic rings. The second-order valence-corrected chi connectivity index (χ2v) is 5.45. The fourth-order valence-electron chi connectivity index (χ4n) is 2.67. The molecule has 1 aromatic rings. The molecule has 1 heterocycles. The first-order valence-electron chi connectivity index (χ1n) is 6.44. The van der Waals surface area contributed by atoms with Crippen LogP contribution in [0.4, 0.5) is 0 Å². The molecule has 2 atom stereocenters. The van der Waals surface area contributed by atoms with Gasteiger partial charge in [-0.15, -0.1) is 0 Å². The van der Waals surface area contributed by atoms with Crippen molar-refractivity contribution in [3.63, 3.8) is 0 Å². The molecule has 1 N–H and O–H groups in total. The van der Waals surface area contributed by atoms with E-state index in [1.165, 1.54) is 5.56 Å². The average Bonchev–Trinajstić information content (AvgIpc) is 2.62. The quantitative estimate of drug-likeness (QED) is 0.787. The Morgan fingerprint density at radius 1 is 1.39 bits per heavy atom. The summed E-state index contributed by atoms with van der Waals surface area (Å²) in [6, 6.07) is 2.10. The van der Waals surface area contributed by atoms with Crippen LogP contribution in [0.3, 0.4) is 0 Å². The summed E-state index contributed by atoms with van der Waals surface area (Å²) < 4.78 is 0. The topological polar surface area (TPSA) is 32.9 Å². The monoisotopic (exact) mass is 243 g/mol. The number of rotatable bonds is 2. The van der Waals surface area contributed by atoms with Crippen LogP contribution in [0.5, 0.6) is 0 Å². The van der Waals surface area contributed by atoms with E-state index in [9.17, 15) is 4.79 Å². The zero-order valence-corrected chi connectivity index (χ0v) is 11.6. The summed E-state index contributed by atoms with van der Waals surface area (Å²) in [5.74, 6) is 0.369.